The molecule has 1 N–H and O–H groups in total. The van der Waals surface area contributed by atoms with Crippen LogP contribution in [0.5, 0.6) is 0 Å². The minimum Gasteiger partial charge on any atom is -0.352 e. The summed E-state index contributed by atoms with van der Waals surface area (Å²) in [5.74, 6) is 0.222. The summed E-state index contributed by atoms with van der Waals surface area (Å²) in [7, 11) is 0. The first-order chi connectivity index (χ1) is 13.2. The monoisotopic (exact) mass is 369 g/mol. The van der Waals surface area contributed by atoms with Crippen LogP contribution in [0.1, 0.15) is 51.0 Å². The fraction of sp³-hybridized carbons (Fsp3) is 0.609. The maximum atomic E-state index is 12.7. The first kappa shape index (κ1) is 20.1. The van der Waals surface area contributed by atoms with E-state index in [-0.39, 0.29) is 11.9 Å². The second-order valence-corrected chi connectivity index (χ2v) is 8.02. The van der Waals surface area contributed by atoms with Gasteiger partial charge in [0.2, 0.25) is 5.91 Å². The molecule has 1 aliphatic carbocycles. The third kappa shape index (κ3) is 6.47. The number of nitrogens with zero attached hydrogens (tertiary/aromatic N) is 2. The summed E-state index contributed by atoms with van der Waals surface area (Å²) < 4.78 is 0. The molecule has 0 radical (unpaired) electrons. The molecule has 1 unspecified atom stereocenters. The third-order valence-corrected chi connectivity index (χ3v) is 6.01. The number of hydrogen-bond donors (Lipinski definition) is 1. The normalized spacial score (nSPS) is 21.8. The maximum Gasteiger partial charge on any atom is 0.237 e. The van der Waals surface area contributed by atoms with Crippen molar-refractivity contribution >= 4 is 12.0 Å². The zero-order valence-corrected chi connectivity index (χ0v) is 16.8. The Morgan fingerprint density at radius 1 is 1.07 bits per heavy atom. The van der Waals surface area contributed by atoms with Gasteiger partial charge in [-0.1, -0.05) is 68.2 Å². The SMILES string of the molecule is CC(C(=O)NC1CCCCCC1)N1CCN(C/C=C/c2ccccc2)CC1. The highest BCUT2D eigenvalue weighted by molar-refractivity contribution is 5.81. The van der Waals surface area contributed by atoms with E-state index in [0.29, 0.717) is 6.04 Å². The Kier molecular flexibility index (Phi) is 7.91. The summed E-state index contributed by atoms with van der Waals surface area (Å²) in [4.78, 5) is 17.5. The Balaban J connectivity index is 1.38. The van der Waals surface area contributed by atoms with Gasteiger partial charge in [0.05, 0.1) is 6.04 Å². The molecule has 1 saturated heterocycles. The number of carbonyl (C=O) groups excluding carboxylic acids is 1. The van der Waals surface area contributed by atoms with Gasteiger partial charge in [-0.2, -0.15) is 0 Å². The van der Waals surface area contributed by atoms with Gasteiger partial charge in [-0.15, -0.1) is 0 Å². The van der Waals surface area contributed by atoms with E-state index in [2.05, 4.69) is 58.5 Å². The highest BCUT2D eigenvalue weighted by atomic mass is 16.2. The van der Waals surface area contributed by atoms with Crippen LogP contribution in [-0.2, 0) is 4.79 Å². The van der Waals surface area contributed by atoms with E-state index in [1.807, 2.05) is 6.07 Å². The third-order valence-electron chi connectivity index (χ3n) is 6.01. The first-order valence-electron chi connectivity index (χ1n) is 10.7. The summed E-state index contributed by atoms with van der Waals surface area (Å²) in [5.41, 5.74) is 1.25. The fourth-order valence-electron chi connectivity index (χ4n) is 4.15. The van der Waals surface area contributed by atoms with Gasteiger partial charge in [-0.25, -0.2) is 0 Å². The van der Waals surface area contributed by atoms with Crippen LogP contribution >= 0.6 is 0 Å². The van der Waals surface area contributed by atoms with Gasteiger partial charge in [0.1, 0.15) is 0 Å². The lowest BCUT2D eigenvalue weighted by atomic mass is 10.1. The van der Waals surface area contributed by atoms with Crippen molar-refractivity contribution in [2.24, 2.45) is 0 Å². The summed E-state index contributed by atoms with van der Waals surface area (Å²) in [6.45, 7) is 7.04. The number of rotatable bonds is 6. The molecular weight excluding hydrogens is 334 g/mol. The van der Waals surface area contributed by atoms with Crippen molar-refractivity contribution in [2.75, 3.05) is 32.7 Å². The van der Waals surface area contributed by atoms with E-state index in [1.165, 1.54) is 31.2 Å². The molecule has 4 nitrogen and oxygen atoms in total. The zero-order valence-electron chi connectivity index (χ0n) is 16.8. The Morgan fingerprint density at radius 2 is 1.74 bits per heavy atom. The first-order valence-corrected chi connectivity index (χ1v) is 10.7. The van der Waals surface area contributed by atoms with Crippen LogP contribution in [0.15, 0.2) is 36.4 Å². The second kappa shape index (κ2) is 10.6. The van der Waals surface area contributed by atoms with Crippen molar-refractivity contribution in [3.8, 4) is 0 Å². The van der Waals surface area contributed by atoms with Crippen LogP contribution in [0.2, 0.25) is 0 Å². The molecular formula is C23H35N3O. The fourth-order valence-corrected chi connectivity index (χ4v) is 4.15. The number of nitrogens with one attached hydrogen (secondary N) is 1. The average Bonchev–Trinajstić information content (AvgIpc) is 2.97. The van der Waals surface area contributed by atoms with Crippen molar-refractivity contribution in [2.45, 2.75) is 57.5 Å². The lowest BCUT2D eigenvalue weighted by molar-refractivity contribution is -0.127. The maximum absolute atomic E-state index is 12.7. The molecule has 27 heavy (non-hydrogen) atoms. The van der Waals surface area contributed by atoms with Crippen molar-refractivity contribution < 1.29 is 4.79 Å². The predicted octanol–water partition coefficient (Wildman–Crippen LogP) is 3.54. The Morgan fingerprint density at radius 3 is 2.41 bits per heavy atom. The van der Waals surface area contributed by atoms with Crippen molar-refractivity contribution in [3.05, 3.63) is 42.0 Å². The van der Waals surface area contributed by atoms with E-state index in [4.69, 9.17) is 0 Å². The predicted molar refractivity (Wildman–Crippen MR) is 113 cm³/mol. The molecule has 148 valence electrons. The lowest BCUT2D eigenvalue weighted by Crippen LogP contribution is -2.54. The van der Waals surface area contributed by atoms with Gasteiger partial charge >= 0.3 is 0 Å². The topological polar surface area (TPSA) is 35.6 Å². The van der Waals surface area contributed by atoms with Crippen LogP contribution in [-0.4, -0.2) is 60.5 Å². The van der Waals surface area contributed by atoms with Crippen LogP contribution < -0.4 is 5.32 Å². The van der Waals surface area contributed by atoms with Crippen molar-refractivity contribution in [1.29, 1.82) is 0 Å². The van der Waals surface area contributed by atoms with Gasteiger partial charge in [-0.05, 0) is 25.3 Å². The standard InChI is InChI=1S/C23H35N3O/c1-20(23(27)24-22-13-7-2-3-8-14-22)26-18-16-25(17-19-26)15-9-12-21-10-5-4-6-11-21/h4-6,9-12,20,22H,2-3,7-8,13-19H2,1H3,(H,24,27)/b12-9+. The zero-order chi connectivity index (χ0) is 18.9. The molecule has 3 rings (SSSR count). The Bertz CT molecular complexity index is 585. The molecule has 4 heteroatoms. The molecule has 0 bridgehead atoms. The van der Waals surface area contributed by atoms with Crippen molar-refractivity contribution in [1.82, 2.24) is 15.1 Å². The summed E-state index contributed by atoms with van der Waals surface area (Å²) in [6.07, 6.45) is 11.9. The number of carbonyl (C=O) groups is 1. The Labute approximate surface area is 164 Å². The quantitative estimate of drug-likeness (QED) is 0.779. The van der Waals surface area contributed by atoms with Gasteiger partial charge in [0, 0.05) is 38.8 Å². The lowest BCUT2D eigenvalue weighted by Gasteiger charge is -2.37. The number of piperazine rings is 1. The van der Waals surface area contributed by atoms with Gasteiger partial charge in [0.15, 0.2) is 0 Å². The summed E-state index contributed by atoms with van der Waals surface area (Å²) >= 11 is 0. The molecule has 1 aromatic rings. The van der Waals surface area contributed by atoms with Gasteiger partial charge < -0.3 is 5.32 Å². The van der Waals surface area contributed by atoms with Crippen LogP contribution in [0.25, 0.3) is 6.08 Å². The van der Waals surface area contributed by atoms with E-state index in [0.717, 1.165) is 45.6 Å². The highest BCUT2D eigenvalue weighted by Crippen LogP contribution is 2.17. The highest BCUT2D eigenvalue weighted by Gasteiger charge is 2.26. The molecule has 1 saturated carbocycles. The van der Waals surface area contributed by atoms with Crippen molar-refractivity contribution in [3.63, 3.8) is 0 Å². The smallest absolute Gasteiger partial charge is 0.237 e. The van der Waals surface area contributed by atoms with E-state index in [1.54, 1.807) is 0 Å². The second-order valence-electron chi connectivity index (χ2n) is 8.02. The molecule has 1 aliphatic heterocycles. The minimum absolute atomic E-state index is 0.0183. The van der Waals surface area contributed by atoms with Gasteiger partial charge in [-0.3, -0.25) is 14.6 Å². The molecule has 1 amide bonds. The van der Waals surface area contributed by atoms with Crippen LogP contribution in [0, 0.1) is 0 Å². The van der Waals surface area contributed by atoms with Crippen LogP contribution in [0.4, 0.5) is 0 Å². The number of benzene rings is 1. The molecule has 1 aromatic carbocycles. The molecule has 1 heterocycles. The van der Waals surface area contributed by atoms with E-state index >= 15 is 0 Å². The average molecular weight is 370 g/mol. The molecule has 0 spiro atoms. The summed E-state index contributed by atoms with van der Waals surface area (Å²) in [6, 6.07) is 10.8. The summed E-state index contributed by atoms with van der Waals surface area (Å²) in [5, 5.41) is 3.31. The van der Waals surface area contributed by atoms with Crippen LogP contribution in [0.3, 0.4) is 0 Å². The largest absolute Gasteiger partial charge is 0.352 e. The van der Waals surface area contributed by atoms with E-state index in [9.17, 15) is 4.79 Å². The van der Waals surface area contributed by atoms with Gasteiger partial charge in [0.25, 0.3) is 0 Å². The molecule has 2 aliphatic rings. The number of amides is 1. The van der Waals surface area contributed by atoms with E-state index < -0.39 is 0 Å². The molecule has 2 fully saturated rings. The number of hydrogen-bond acceptors (Lipinski definition) is 3. The molecule has 0 aromatic heterocycles. The molecule has 1 atom stereocenters. The Hall–Kier alpha value is -1.65. The minimum atomic E-state index is -0.0183.